The van der Waals surface area contributed by atoms with Crippen LogP contribution in [-0.4, -0.2) is 19.2 Å². The lowest BCUT2D eigenvalue weighted by Crippen LogP contribution is -2.46. The smallest absolute Gasteiger partial charge is 0.105 e. The highest BCUT2D eigenvalue weighted by Crippen LogP contribution is 2.44. The minimum absolute atomic E-state index is 0.0480. The molecule has 0 aromatic carbocycles. The molecular weight excluding hydrogens is 206 g/mol. The number of rotatable bonds is 0. The van der Waals surface area contributed by atoms with E-state index in [1.165, 1.54) is 10.4 Å². The molecular formula is C12H17NOS. The molecule has 3 rings (SSSR count). The van der Waals surface area contributed by atoms with Crippen molar-refractivity contribution in [3.8, 4) is 0 Å². The van der Waals surface area contributed by atoms with Gasteiger partial charge in [0.1, 0.15) is 5.60 Å². The summed E-state index contributed by atoms with van der Waals surface area (Å²) in [6.07, 6.45) is 3.73. The minimum atomic E-state index is 0.0480. The highest BCUT2D eigenvalue weighted by molar-refractivity contribution is 7.10. The number of ether oxygens (including phenoxy) is 1. The van der Waals surface area contributed by atoms with Gasteiger partial charge in [-0.15, -0.1) is 11.3 Å². The summed E-state index contributed by atoms with van der Waals surface area (Å²) >= 11 is 1.88. The molecule has 0 aliphatic carbocycles. The second-order valence-electron chi connectivity index (χ2n) is 4.65. The van der Waals surface area contributed by atoms with E-state index >= 15 is 0 Å². The van der Waals surface area contributed by atoms with Crippen LogP contribution in [0.2, 0.25) is 0 Å². The van der Waals surface area contributed by atoms with Gasteiger partial charge < -0.3 is 10.1 Å². The quantitative estimate of drug-likeness (QED) is 0.728. The van der Waals surface area contributed by atoms with E-state index in [0.717, 1.165) is 32.4 Å². The topological polar surface area (TPSA) is 21.3 Å². The number of fused-ring (bicyclic) bond motifs is 2. The Morgan fingerprint density at radius 3 is 3.07 bits per heavy atom. The van der Waals surface area contributed by atoms with Crippen LogP contribution in [0.25, 0.3) is 0 Å². The van der Waals surface area contributed by atoms with Crippen LogP contribution < -0.4 is 5.32 Å². The summed E-state index contributed by atoms with van der Waals surface area (Å²) in [7, 11) is 0. The van der Waals surface area contributed by atoms with E-state index in [9.17, 15) is 0 Å². The molecule has 1 aromatic rings. The summed E-state index contributed by atoms with van der Waals surface area (Å²) in [5.74, 6) is 0. The van der Waals surface area contributed by atoms with Crippen LogP contribution in [0.3, 0.4) is 0 Å². The predicted molar refractivity (Wildman–Crippen MR) is 62.4 cm³/mol. The second kappa shape index (κ2) is 3.58. The molecule has 1 aromatic heterocycles. The molecule has 2 aliphatic rings. The maximum Gasteiger partial charge on any atom is 0.105 e. The van der Waals surface area contributed by atoms with Crippen molar-refractivity contribution in [1.82, 2.24) is 5.32 Å². The second-order valence-corrected chi connectivity index (χ2v) is 5.57. The molecule has 0 bridgehead atoms. The maximum absolute atomic E-state index is 6.27. The van der Waals surface area contributed by atoms with E-state index in [1.54, 1.807) is 0 Å². The van der Waals surface area contributed by atoms with Gasteiger partial charge in [0.15, 0.2) is 0 Å². The van der Waals surface area contributed by atoms with Crippen molar-refractivity contribution in [2.45, 2.75) is 37.9 Å². The van der Waals surface area contributed by atoms with E-state index in [1.807, 2.05) is 11.3 Å². The van der Waals surface area contributed by atoms with Crippen LogP contribution in [0.15, 0.2) is 11.4 Å². The maximum atomic E-state index is 6.27. The molecule has 1 atom stereocenters. The predicted octanol–water partition coefficient (Wildman–Crippen LogP) is 2.29. The van der Waals surface area contributed by atoms with Gasteiger partial charge in [0.2, 0.25) is 0 Å². The number of hydrogen-bond acceptors (Lipinski definition) is 3. The van der Waals surface area contributed by atoms with Gasteiger partial charge in [-0.25, -0.2) is 0 Å². The van der Waals surface area contributed by atoms with E-state index in [4.69, 9.17) is 4.74 Å². The van der Waals surface area contributed by atoms with Gasteiger partial charge >= 0.3 is 0 Å². The molecule has 3 heterocycles. The molecule has 1 unspecified atom stereocenters. The number of nitrogens with one attached hydrogen (secondary N) is 1. The van der Waals surface area contributed by atoms with Gasteiger partial charge in [0.25, 0.3) is 0 Å². The summed E-state index contributed by atoms with van der Waals surface area (Å²) in [6.45, 7) is 4.37. The van der Waals surface area contributed by atoms with E-state index in [-0.39, 0.29) is 5.60 Å². The molecule has 2 nitrogen and oxygen atoms in total. The van der Waals surface area contributed by atoms with E-state index in [2.05, 4.69) is 23.7 Å². The Hall–Kier alpha value is -0.380. The molecule has 0 amide bonds. The standard InChI is InChI=1S/C12H17NOS/c1-9-8-10-2-7-15-11(10)12(14-9)3-5-13-6-4-12/h2,7,9,13H,3-6,8H2,1H3. The molecule has 2 aliphatic heterocycles. The van der Waals surface area contributed by atoms with E-state index in [0.29, 0.717) is 6.10 Å². The largest absolute Gasteiger partial charge is 0.366 e. The van der Waals surface area contributed by atoms with Crippen molar-refractivity contribution in [3.63, 3.8) is 0 Å². The van der Waals surface area contributed by atoms with Crippen LogP contribution in [0.4, 0.5) is 0 Å². The van der Waals surface area contributed by atoms with Gasteiger partial charge in [-0.3, -0.25) is 0 Å². The molecule has 1 saturated heterocycles. The Kier molecular flexibility index (Phi) is 2.34. The first-order chi connectivity index (χ1) is 7.30. The first-order valence-electron chi connectivity index (χ1n) is 5.76. The van der Waals surface area contributed by atoms with Crippen molar-refractivity contribution in [2.24, 2.45) is 0 Å². The first-order valence-corrected chi connectivity index (χ1v) is 6.63. The summed E-state index contributed by atoms with van der Waals surface area (Å²) in [4.78, 5) is 1.50. The normalized spacial score (nSPS) is 29.0. The Bertz CT molecular complexity index is 354. The molecule has 0 saturated carbocycles. The Balaban J connectivity index is 2.02. The average Bonchev–Trinajstić information content (AvgIpc) is 2.67. The van der Waals surface area contributed by atoms with Gasteiger partial charge in [-0.1, -0.05) is 0 Å². The highest BCUT2D eigenvalue weighted by Gasteiger charge is 2.41. The summed E-state index contributed by atoms with van der Waals surface area (Å²) in [5.41, 5.74) is 1.58. The lowest BCUT2D eigenvalue weighted by Gasteiger charge is -2.43. The Labute approximate surface area is 94.6 Å². The highest BCUT2D eigenvalue weighted by atomic mass is 32.1. The van der Waals surface area contributed by atoms with Crippen molar-refractivity contribution >= 4 is 11.3 Å². The Morgan fingerprint density at radius 2 is 2.27 bits per heavy atom. The fourth-order valence-corrected chi connectivity index (χ4v) is 4.00. The van der Waals surface area contributed by atoms with Crippen molar-refractivity contribution in [2.75, 3.05) is 13.1 Å². The van der Waals surface area contributed by atoms with Crippen molar-refractivity contribution in [3.05, 3.63) is 21.9 Å². The summed E-state index contributed by atoms with van der Waals surface area (Å²) in [6, 6.07) is 2.28. The first kappa shape index (κ1) is 9.82. The summed E-state index contributed by atoms with van der Waals surface area (Å²) in [5, 5.41) is 5.64. The molecule has 1 spiro atoms. The zero-order chi connectivity index (χ0) is 10.3. The number of thiophene rings is 1. The van der Waals surface area contributed by atoms with Gasteiger partial charge in [0, 0.05) is 4.88 Å². The third kappa shape index (κ3) is 1.53. The fraction of sp³-hybridized carbons (Fsp3) is 0.667. The van der Waals surface area contributed by atoms with Crippen LogP contribution in [0.5, 0.6) is 0 Å². The molecule has 1 fully saturated rings. The van der Waals surface area contributed by atoms with Gasteiger partial charge in [-0.2, -0.15) is 0 Å². The van der Waals surface area contributed by atoms with E-state index < -0.39 is 0 Å². The SMILES string of the molecule is CC1Cc2ccsc2C2(CCNCC2)O1. The lowest BCUT2D eigenvalue weighted by molar-refractivity contribution is -0.117. The third-order valence-corrected chi connectivity index (χ3v) is 4.65. The third-order valence-electron chi connectivity index (χ3n) is 3.51. The van der Waals surface area contributed by atoms with Crippen LogP contribution >= 0.6 is 11.3 Å². The molecule has 1 N–H and O–H groups in total. The van der Waals surface area contributed by atoms with Gasteiger partial charge in [0.05, 0.1) is 6.10 Å². The van der Waals surface area contributed by atoms with Crippen LogP contribution in [0.1, 0.15) is 30.2 Å². The molecule has 0 radical (unpaired) electrons. The zero-order valence-corrected chi connectivity index (χ0v) is 9.90. The van der Waals surface area contributed by atoms with Crippen LogP contribution in [-0.2, 0) is 16.8 Å². The average molecular weight is 223 g/mol. The molecule has 15 heavy (non-hydrogen) atoms. The summed E-state index contributed by atoms with van der Waals surface area (Å²) < 4.78 is 6.27. The van der Waals surface area contributed by atoms with Crippen LogP contribution in [0, 0.1) is 0 Å². The Morgan fingerprint density at radius 1 is 1.47 bits per heavy atom. The monoisotopic (exact) mass is 223 g/mol. The van der Waals surface area contributed by atoms with Gasteiger partial charge in [-0.05, 0) is 56.3 Å². The fourth-order valence-electron chi connectivity index (χ4n) is 2.86. The van der Waals surface area contributed by atoms with Crippen molar-refractivity contribution < 1.29 is 4.74 Å². The molecule has 3 heteroatoms. The lowest BCUT2D eigenvalue weighted by atomic mass is 9.85. The zero-order valence-electron chi connectivity index (χ0n) is 9.08. The number of hydrogen-bond donors (Lipinski definition) is 1. The minimum Gasteiger partial charge on any atom is -0.366 e. The van der Waals surface area contributed by atoms with Crippen molar-refractivity contribution in [1.29, 1.82) is 0 Å². The molecule has 82 valence electrons. The number of piperidine rings is 1.